The normalized spacial score (nSPS) is 11.2. The SMILES string of the molecule is Brc1cccc2c1c1cccnc1n2-c1ccccc1. The van der Waals surface area contributed by atoms with Gasteiger partial charge in [0, 0.05) is 27.1 Å². The highest BCUT2D eigenvalue weighted by Gasteiger charge is 2.14. The van der Waals surface area contributed by atoms with Crippen molar-refractivity contribution in [2.24, 2.45) is 0 Å². The van der Waals surface area contributed by atoms with Gasteiger partial charge in [0.25, 0.3) is 0 Å². The Morgan fingerprint density at radius 2 is 1.70 bits per heavy atom. The Morgan fingerprint density at radius 3 is 2.55 bits per heavy atom. The summed E-state index contributed by atoms with van der Waals surface area (Å²) in [5.74, 6) is 0. The average Bonchev–Trinajstić information content (AvgIpc) is 2.84. The van der Waals surface area contributed by atoms with E-state index in [0.717, 1.165) is 15.8 Å². The van der Waals surface area contributed by atoms with E-state index in [0.29, 0.717) is 0 Å². The molecule has 0 N–H and O–H groups in total. The van der Waals surface area contributed by atoms with E-state index in [1.165, 1.54) is 16.3 Å². The van der Waals surface area contributed by atoms with Crippen molar-refractivity contribution in [3.8, 4) is 5.69 Å². The van der Waals surface area contributed by atoms with Crippen LogP contribution in [0.2, 0.25) is 0 Å². The van der Waals surface area contributed by atoms with Gasteiger partial charge in [-0.2, -0.15) is 0 Å². The first-order chi connectivity index (χ1) is 9.86. The first kappa shape index (κ1) is 11.7. The number of hydrogen-bond donors (Lipinski definition) is 0. The van der Waals surface area contributed by atoms with E-state index >= 15 is 0 Å². The van der Waals surface area contributed by atoms with Crippen LogP contribution in [-0.4, -0.2) is 9.55 Å². The maximum Gasteiger partial charge on any atom is 0.145 e. The van der Waals surface area contributed by atoms with Crippen LogP contribution in [0.4, 0.5) is 0 Å². The van der Waals surface area contributed by atoms with Gasteiger partial charge in [-0.05, 0) is 36.4 Å². The van der Waals surface area contributed by atoms with Crippen LogP contribution in [0.15, 0.2) is 71.3 Å². The number of halogens is 1. The summed E-state index contributed by atoms with van der Waals surface area (Å²) in [5, 5.41) is 2.37. The monoisotopic (exact) mass is 322 g/mol. The Bertz CT molecular complexity index is 910. The molecule has 0 atom stereocenters. The van der Waals surface area contributed by atoms with E-state index in [1.54, 1.807) is 0 Å². The van der Waals surface area contributed by atoms with Crippen LogP contribution in [0.25, 0.3) is 27.6 Å². The van der Waals surface area contributed by atoms with Gasteiger partial charge in [0.1, 0.15) is 5.65 Å². The molecule has 0 saturated carbocycles. The number of pyridine rings is 1. The molecule has 0 bridgehead atoms. The number of para-hydroxylation sites is 1. The molecule has 4 rings (SSSR count). The summed E-state index contributed by atoms with van der Waals surface area (Å²) < 4.78 is 3.30. The zero-order valence-electron chi connectivity index (χ0n) is 10.6. The zero-order valence-corrected chi connectivity index (χ0v) is 12.2. The highest BCUT2D eigenvalue weighted by atomic mass is 79.9. The lowest BCUT2D eigenvalue weighted by Crippen LogP contribution is -1.94. The minimum Gasteiger partial charge on any atom is -0.294 e. The molecule has 0 amide bonds. The van der Waals surface area contributed by atoms with Gasteiger partial charge in [-0.1, -0.05) is 40.2 Å². The van der Waals surface area contributed by atoms with Crippen LogP contribution >= 0.6 is 15.9 Å². The highest BCUT2D eigenvalue weighted by molar-refractivity contribution is 9.10. The molecule has 0 saturated heterocycles. The van der Waals surface area contributed by atoms with Crippen LogP contribution in [-0.2, 0) is 0 Å². The van der Waals surface area contributed by atoms with E-state index in [4.69, 9.17) is 0 Å². The summed E-state index contributed by atoms with van der Waals surface area (Å²) in [6.45, 7) is 0. The summed E-state index contributed by atoms with van der Waals surface area (Å²) in [6.07, 6.45) is 1.84. The Kier molecular flexibility index (Phi) is 2.60. The number of nitrogens with zero attached hydrogens (tertiary/aromatic N) is 2. The molecule has 0 spiro atoms. The van der Waals surface area contributed by atoms with E-state index in [2.05, 4.69) is 61.9 Å². The van der Waals surface area contributed by atoms with Gasteiger partial charge < -0.3 is 0 Å². The smallest absolute Gasteiger partial charge is 0.145 e. The van der Waals surface area contributed by atoms with Gasteiger partial charge in [0.05, 0.1) is 5.52 Å². The minimum atomic E-state index is 0.987. The molecule has 0 unspecified atom stereocenters. The Balaban J connectivity index is 2.26. The van der Waals surface area contributed by atoms with Crippen molar-refractivity contribution in [2.75, 3.05) is 0 Å². The topological polar surface area (TPSA) is 17.8 Å². The molecule has 0 aliphatic heterocycles. The highest BCUT2D eigenvalue weighted by Crippen LogP contribution is 2.34. The first-order valence-electron chi connectivity index (χ1n) is 6.45. The zero-order chi connectivity index (χ0) is 13.5. The molecule has 2 heterocycles. The fourth-order valence-corrected chi connectivity index (χ4v) is 3.26. The second-order valence-electron chi connectivity index (χ2n) is 4.68. The summed E-state index contributed by atoms with van der Waals surface area (Å²) in [4.78, 5) is 4.58. The molecule has 0 aliphatic rings. The molecule has 2 aromatic carbocycles. The first-order valence-corrected chi connectivity index (χ1v) is 7.24. The van der Waals surface area contributed by atoms with Crippen LogP contribution in [0.1, 0.15) is 0 Å². The largest absolute Gasteiger partial charge is 0.294 e. The minimum absolute atomic E-state index is 0.987. The van der Waals surface area contributed by atoms with Crippen molar-refractivity contribution in [1.82, 2.24) is 9.55 Å². The number of hydrogen-bond acceptors (Lipinski definition) is 1. The fraction of sp³-hybridized carbons (Fsp3) is 0. The molecule has 2 aromatic heterocycles. The molecule has 4 aromatic rings. The van der Waals surface area contributed by atoms with Gasteiger partial charge in [-0.3, -0.25) is 4.57 Å². The maximum absolute atomic E-state index is 4.58. The standard InChI is InChI=1S/C17H11BrN2/c18-14-9-4-10-15-16(14)13-8-5-11-19-17(13)20(15)12-6-2-1-3-7-12/h1-11H. The number of benzene rings is 2. The molecule has 0 aliphatic carbocycles. The van der Waals surface area contributed by atoms with E-state index in [1.807, 2.05) is 30.5 Å². The van der Waals surface area contributed by atoms with Gasteiger partial charge >= 0.3 is 0 Å². The molecule has 20 heavy (non-hydrogen) atoms. The van der Waals surface area contributed by atoms with Crippen LogP contribution < -0.4 is 0 Å². The molecule has 3 heteroatoms. The lowest BCUT2D eigenvalue weighted by molar-refractivity contribution is 1.14. The van der Waals surface area contributed by atoms with Crippen molar-refractivity contribution in [2.45, 2.75) is 0 Å². The molecule has 0 fully saturated rings. The summed E-state index contributed by atoms with van der Waals surface area (Å²) >= 11 is 3.66. The predicted octanol–water partition coefficient (Wildman–Crippen LogP) is 4.94. The van der Waals surface area contributed by atoms with Gasteiger partial charge in [0.15, 0.2) is 0 Å². The van der Waals surface area contributed by atoms with Crippen molar-refractivity contribution >= 4 is 37.9 Å². The third-order valence-electron chi connectivity index (χ3n) is 3.51. The maximum atomic E-state index is 4.58. The number of fused-ring (bicyclic) bond motifs is 3. The lowest BCUT2D eigenvalue weighted by atomic mass is 10.2. The molecule has 0 radical (unpaired) electrons. The Labute approximate surface area is 124 Å². The Hall–Kier alpha value is -2.13. The predicted molar refractivity (Wildman–Crippen MR) is 86.3 cm³/mol. The van der Waals surface area contributed by atoms with Crippen molar-refractivity contribution < 1.29 is 0 Å². The Morgan fingerprint density at radius 1 is 0.850 bits per heavy atom. The summed E-state index contributed by atoms with van der Waals surface area (Å²) in [6, 6.07) is 20.7. The quantitative estimate of drug-likeness (QED) is 0.485. The molecule has 96 valence electrons. The van der Waals surface area contributed by atoms with E-state index < -0.39 is 0 Å². The number of rotatable bonds is 1. The van der Waals surface area contributed by atoms with Crippen molar-refractivity contribution in [3.63, 3.8) is 0 Å². The second kappa shape index (κ2) is 4.46. The third-order valence-corrected chi connectivity index (χ3v) is 4.18. The second-order valence-corrected chi connectivity index (χ2v) is 5.53. The van der Waals surface area contributed by atoms with Gasteiger partial charge in [-0.15, -0.1) is 0 Å². The van der Waals surface area contributed by atoms with Crippen LogP contribution in [0, 0.1) is 0 Å². The molecular weight excluding hydrogens is 312 g/mol. The van der Waals surface area contributed by atoms with E-state index in [9.17, 15) is 0 Å². The summed E-state index contributed by atoms with van der Waals surface area (Å²) in [5.41, 5.74) is 3.28. The lowest BCUT2D eigenvalue weighted by Gasteiger charge is -2.06. The third kappa shape index (κ3) is 1.60. The average molecular weight is 323 g/mol. The van der Waals surface area contributed by atoms with Crippen molar-refractivity contribution in [1.29, 1.82) is 0 Å². The summed E-state index contributed by atoms with van der Waals surface area (Å²) in [7, 11) is 0. The molecular formula is C17H11BrN2. The molecule has 2 nitrogen and oxygen atoms in total. The number of aromatic nitrogens is 2. The van der Waals surface area contributed by atoms with E-state index in [-0.39, 0.29) is 0 Å². The fourth-order valence-electron chi connectivity index (χ4n) is 2.69. The van der Waals surface area contributed by atoms with Gasteiger partial charge in [-0.25, -0.2) is 4.98 Å². The van der Waals surface area contributed by atoms with Crippen LogP contribution in [0.3, 0.4) is 0 Å². The van der Waals surface area contributed by atoms with Crippen LogP contribution in [0.5, 0.6) is 0 Å². The van der Waals surface area contributed by atoms with Crippen molar-refractivity contribution in [3.05, 3.63) is 71.3 Å². The van der Waals surface area contributed by atoms with Gasteiger partial charge in [0.2, 0.25) is 0 Å².